The molecular formula is C12H18Cl2N4O. The van der Waals surface area contributed by atoms with Gasteiger partial charge in [0, 0.05) is 25.4 Å². The minimum atomic E-state index is 0.467. The number of benzene rings is 1. The minimum absolute atomic E-state index is 0.467. The molecule has 0 aromatic heterocycles. The number of aliphatic imine (C=N–C) groups is 1. The molecule has 1 rings (SSSR count). The van der Waals surface area contributed by atoms with Crippen LogP contribution in [0.2, 0.25) is 10.0 Å². The summed E-state index contributed by atoms with van der Waals surface area (Å²) < 4.78 is 5.22. The third kappa shape index (κ3) is 6.11. The molecule has 4 N–H and O–H groups in total. The predicted octanol–water partition coefficient (Wildman–Crippen LogP) is 2.65. The van der Waals surface area contributed by atoms with Gasteiger partial charge < -0.3 is 10.1 Å². The van der Waals surface area contributed by atoms with Gasteiger partial charge in [-0.15, -0.1) is 0 Å². The standard InChI is InChI=1S/C12H18Cl2N4O/c1-2-19-7-3-6-16-12(18-15)17-9-4-5-10(13)11(14)8-9/h4-5,8H,2-3,6-7,15H2,1H3,(H2,16,17,18). The average molecular weight is 305 g/mol. The second kappa shape index (κ2) is 8.98. The van der Waals surface area contributed by atoms with Gasteiger partial charge in [0.2, 0.25) is 5.96 Å². The number of halogens is 2. The van der Waals surface area contributed by atoms with Crippen LogP contribution < -0.4 is 16.6 Å². The molecule has 0 saturated heterocycles. The van der Waals surface area contributed by atoms with Crippen LogP contribution in [0, 0.1) is 0 Å². The van der Waals surface area contributed by atoms with Gasteiger partial charge in [-0.25, -0.2) is 5.84 Å². The van der Waals surface area contributed by atoms with Gasteiger partial charge in [0.15, 0.2) is 0 Å². The van der Waals surface area contributed by atoms with E-state index in [9.17, 15) is 0 Å². The van der Waals surface area contributed by atoms with Crippen molar-refractivity contribution in [3.63, 3.8) is 0 Å². The van der Waals surface area contributed by atoms with Crippen molar-refractivity contribution in [3.8, 4) is 0 Å². The van der Waals surface area contributed by atoms with E-state index in [4.69, 9.17) is 33.8 Å². The number of hydrazine groups is 1. The second-order valence-electron chi connectivity index (χ2n) is 3.68. The lowest BCUT2D eigenvalue weighted by Gasteiger charge is -2.10. The van der Waals surface area contributed by atoms with Crippen LogP contribution in [-0.2, 0) is 4.74 Å². The summed E-state index contributed by atoms with van der Waals surface area (Å²) in [5.74, 6) is 5.86. The smallest absolute Gasteiger partial charge is 0.210 e. The molecule has 0 heterocycles. The zero-order valence-electron chi connectivity index (χ0n) is 10.7. The van der Waals surface area contributed by atoms with Gasteiger partial charge in [-0.2, -0.15) is 0 Å². The van der Waals surface area contributed by atoms with Crippen LogP contribution in [0.15, 0.2) is 23.2 Å². The quantitative estimate of drug-likeness (QED) is 0.248. The van der Waals surface area contributed by atoms with E-state index in [2.05, 4.69) is 15.7 Å². The molecule has 0 aliphatic rings. The Kier molecular flexibility index (Phi) is 7.59. The Morgan fingerprint density at radius 1 is 1.37 bits per heavy atom. The molecule has 19 heavy (non-hydrogen) atoms. The van der Waals surface area contributed by atoms with Gasteiger partial charge in [0.25, 0.3) is 0 Å². The number of nitrogens with two attached hydrogens (primary N) is 1. The minimum Gasteiger partial charge on any atom is -0.382 e. The van der Waals surface area contributed by atoms with Gasteiger partial charge in [0.05, 0.1) is 10.0 Å². The normalized spacial score (nSPS) is 11.5. The van der Waals surface area contributed by atoms with E-state index >= 15 is 0 Å². The van der Waals surface area contributed by atoms with Crippen molar-refractivity contribution in [2.75, 3.05) is 25.1 Å². The molecule has 0 aliphatic carbocycles. The first kappa shape index (κ1) is 16.0. The Balaban J connectivity index is 2.50. The van der Waals surface area contributed by atoms with Gasteiger partial charge in [-0.05, 0) is 31.5 Å². The molecule has 106 valence electrons. The molecular weight excluding hydrogens is 287 g/mol. The largest absolute Gasteiger partial charge is 0.382 e. The lowest BCUT2D eigenvalue weighted by Crippen LogP contribution is -2.36. The summed E-state index contributed by atoms with van der Waals surface area (Å²) in [6.07, 6.45) is 0.835. The summed E-state index contributed by atoms with van der Waals surface area (Å²) in [6, 6.07) is 5.20. The molecule has 0 aliphatic heterocycles. The molecule has 0 fully saturated rings. The fourth-order valence-corrected chi connectivity index (χ4v) is 1.63. The Morgan fingerprint density at radius 3 is 2.79 bits per heavy atom. The second-order valence-corrected chi connectivity index (χ2v) is 4.49. The van der Waals surface area contributed by atoms with Crippen LogP contribution in [0.3, 0.4) is 0 Å². The van der Waals surface area contributed by atoms with Crippen molar-refractivity contribution in [3.05, 3.63) is 28.2 Å². The molecule has 1 aromatic carbocycles. The first-order chi connectivity index (χ1) is 9.17. The monoisotopic (exact) mass is 304 g/mol. The van der Waals surface area contributed by atoms with E-state index in [1.807, 2.05) is 6.92 Å². The van der Waals surface area contributed by atoms with E-state index in [1.54, 1.807) is 18.2 Å². The molecule has 0 saturated carbocycles. The maximum absolute atomic E-state index is 5.92. The number of nitrogens with one attached hydrogen (secondary N) is 2. The van der Waals surface area contributed by atoms with Gasteiger partial charge in [-0.3, -0.25) is 10.4 Å². The Morgan fingerprint density at radius 2 is 2.16 bits per heavy atom. The summed E-state index contributed by atoms with van der Waals surface area (Å²) in [5, 5.41) is 3.99. The number of nitrogens with zero attached hydrogens (tertiary/aromatic N) is 1. The van der Waals surface area contributed by atoms with Crippen LogP contribution in [-0.4, -0.2) is 25.7 Å². The van der Waals surface area contributed by atoms with Crippen LogP contribution in [0.4, 0.5) is 5.69 Å². The third-order valence-corrected chi connectivity index (χ3v) is 2.98. The molecule has 0 atom stereocenters. The predicted molar refractivity (Wildman–Crippen MR) is 80.8 cm³/mol. The molecule has 1 aromatic rings. The highest BCUT2D eigenvalue weighted by molar-refractivity contribution is 6.42. The number of ether oxygens (including phenoxy) is 1. The molecule has 7 heteroatoms. The Hall–Kier alpha value is -1.01. The highest BCUT2D eigenvalue weighted by atomic mass is 35.5. The van der Waals surface area contributed by atoms with E-state index in [0.29, 0.717) is 35.8 Å². The van der Waals surface area contributed by atoms with Crippen molar-refractivity contribution in [1.29, 1.82) is 0 Å². The van der Waals surface area contributed by atoms with Crippen molar-refractivity contribution in [2.24, 2.45) is 10.8 Å². The summed E-state index contributed by atoms with van der Waals surface area (Å²) in [6.45, 7) is 3.98. The first-order valence-corrected chi connectivity index (χ1v) is 6.73. The maximum Gasteiger partial charge on any atom is 0.210 e. The summed E-state index contributed by atoms with van der Waals surface area (Å²) in [7, 11) is 0. The van der Waals surface area contributed by atoms with Gasteiger partial charge in [-0.1, -0.05) is 23.2 Å². The number of anilines is 1. The number of guanidine groups is 1. The number of rotatable bonds is 6. The van der Waals surface area contributed by atoms with E-state index < -0.39 is 0 Å². The highest BCUT2D eigenvalue weighted by Gasteiger charge is 2.01. The van der Waals surface area contributed by atoms with Crippen molar-refractivity contribution in [1.82, 2.24) is 5.43 Å². The zero-order chi connectivity index (χ0) is 14.1. The molecule has 0 unspecified atom stereocenters. The molecule has 0 bridgehead atoms. The molecule has 0 radical (unpaired) electrons. The molecule has 0 amide bonds. The van der Waals surface area contributed by atoms with Gasteiger partial charge in [0.1, 0.15) is 0 Å². The SMILES string of the molecule is CCOCCCN=C(NN)Nc1ccc(Cl)c(Cl)c1. The van der Waals surface area contributed by atoms with Crippen molar-refractivity contribution >= 4 is 34.8 Å². The van der Waals surface area contributed by atoms with Crippen molar-refractivity contribution in [2.45, 2.75) is 13.3 Å². The maximum atomic E-state index is 5.92. The lowest BCUT2D eigenvalue weighted by atomic mass is 10.3. The topological polar surface area (TPSA) is 71.7 Å². The van der Waals surface area contributed by atoms with Crippen LogP contribution >= 0.6 is 23.2 Å². The van der Waals surface area contributed by atoms with Crippen molar-refractivity contribution < 1.29 is 4.74 Å². The number of hydrogen-bond donors (Lipinski definition) is 3. The average Bonchev–Trinajstić information content (AvgIpc) is 2.41. The first-order valence-electron chi connectivity index (χ1n) is 5.98. The fraction of sp³-hybridized carbons (Fsp3) is 0.417. The van der Waals surface area contributed by atoms with E-state index in [1.165, 1.54) is 0 Å². The van der Waals surface area contributed by atoms with E-state index in [-0.39, 0.29) is 0 Å². The lowest BCUT2D eigenvalue weighted by molar-refractivity contribution is 0.146. The molecule has 5 nitrogen and oxygen atoms in total. The molecule has 0 spiro atoms. The Labute approximate surface area is 123 Å². The fourth-order valence-electron chi connectivity index (χ4n) is 1.33. The summed E-state index contributed by atoms with van der Waals surface area (Å²) >= 11 is 11.8. The zero-order valence-corrected chi connectivity index (χ0v) is 12.3. The third-order valence-electron chi connectivity index (χ3n) is 2.24. The number of hydrogen-bond acceptors (Lipinski definition) is 3. The van der Waals surface area contributed by atoms with E-state index in [0.717, 1.165) is 12.1 Å². The summed E-state index contributed by atoms with van der Waals surface area (Å²) in [5.41, 5.74) is 3.26. The van der Waals surface area contributed by atoms with Crippen LogP contribution in [0.1, 0.15) is 13.3 Å². The van der Waals surface area contributed by atoms with Crippen LogP contribution in [0.5, 0.6) is 0 Å². The highest BCUT2D eigenvalue weighted by Crippen LogP contribution is 2.24. The van der Waals surface area contributed by atoms with Gasteiger partial charge >= 0.3 is 0 Å². The van der Waals surface area contributed by atoms with Crippen LogP contribution in [0.25, 0.3) is 0 Å². The Bertz CT molecular complexity index is 426. The summed E-state index contributed by atoms with van der Waals surface area (Å²) in [4.78, 5) is 4.27.